The number of thiophene rings is 1. The van der Waals surface area contributed by atoms with Crippen LogP contribution < -0.4 is 10.9 Å². The van der Waals surface area contributed by atoms with Gasteiger partial charge in [0, 0.05) is 49.1 Å². The van der Waals surface area contributed by atoms with Gasteiger partial charge in [-0.1, -0.05) is 13.0 Å². The van der Waals surface area contributed by atoms with E-state index in [1.54, 1.807) is 23.5 Å². The maximum Gasteiger partial charge on any atom is 0.263 e. The predicted molar refractivity (Wildman–Crippen MR) is 109 cm³/mol. The fourth-order valence-corrected chi connectivity index (χ4v) is 5.47. The van der Waals surface area contributed by atoms with Crippen molar-refractivity contribution in [1.82, 2.24) is 14.8 Å². The Bertz CT molecular complexity index is 964. The van der Waals surface area contributed by atoms with Crippen LogP contribution in [0.4, 0.5) is 0 Å². The van der Waals surface area contributed by atoms with E-state index < -0.39 is 0 Å². The van der Waals surface area contributed by atoms with Crippen LogP contribution in [-0.4, -0.2) is 40.9 Å². The fraction of sp³-hybridized carbons (Fsp3) is 0.476. The van der Waals surface area contributed by atoms with Gasteiger partial charge in [-0.05, 0) is 37.0 Å². The number of hydrogen-bond acceptors (Lipinski definition) is 4. The number of aryl methyl sites for hydroxylation is 1. The molecule has 2 amide bonds. The number of hydrogen-bond donors (Lipinski definition) is 1. The lowest BCUT2D eigenvalue weighted by molar-refractivity contribution is -0.119. The molecule has 1 fully saturated rings. The van der Waals surface area contributed by atoms with E-state index in [4.69, 9.17) is 0 Å². The lowest BCUT2D eigenvalue weighted by Crippen LogP contribution is -2.53. The third kappa shape index (κ3) is 3.39. The molecule has 2 aromatic rings. The van der Waals surface area contributed by atoms with E-state index in [2.05, 4.69) is 12.2 Å². The van der Waals surface area contributed by atoms with E-state index >= 15 is 0 Å². The first kappa shape index (κ1) is 18.9. The van der Waals surface area contributed by atoms with Crippen molar-refractivity contribution >= 4 is 23.2 Å². The Labute approximate surface area is 168 Å². The summed E-state index contributed by atoms with van der Waals surface area (Å²) >= 11 is 1.56. The largest absolute Gasteiger partial charge is 0.354 e. The van der Waals surface area contributed by atoms with Crippen LogP contribution in [0.2, 0.25) is 0 Å². The van der Waals surface area contributed by atoms with Gasteiger partial charge in [0.15, 0.2) is 0 Å². The minimum atomic E-state index is -0.131. The number of nitrogens with zero attached hydrogens (tertiary/aromatic N) is 2. The molecule has 28 heavy (non-hydrogen) atoms. The molecule has 0 unspecified atom stereocenters. The number of rotatable bonds is 4. The molecule has 0 saturated carbocycles. The Balaban J connectivity index is 1.65. The molecule has 3 atom stereocenters. The molecule has 148 valence electrons. The van der Waals surface area contributed by atoms with E-state index in [-0.39, 0.29) is 35.3 Å². The fourth-order valence-electron chi connectivity index (χ4n) is 4.56. The van der Waals surface area contributed by atoms with Gasteiger partial charge in [-0.15, -0.1) is 11.3 Å². The normalized spacial score (nSPS) is 23.2. The minimum absolute atomic E-state index is 0.0341. The first-order valence-electron chi connectivity index (χ1n) is 9.81. The Morgan fingerprint density at radius 3 is 2.75 bits per heavy atom. The monoisotopic (exact) mass is 399 g/mol. The molecule has 2 bridgehead atoms. The van der Waals surface area contributed by atoms with Gasteiger partial charge in [-0.3, -0.25) is 14.4 Å². The first-order chi connectivity index (χ1) is 13.5. The summed E-state index contributed by atoms with van der Waals surface area (Å²) < 4.78 is 1.84. The first-order valence-corrected chi connectivity index (χ1v) is 10.6. The van der Waals surface area contributed by atoms with E-state index in [9.17, 15) is 14.4 Å². The van der Waals surface area contributed by atoms with Crippen molar-refractivity contribution in [2.24, 2.45) is 5.92 Å². The molecule has 2 aromatic heterocycles. The summed E-state index contributed by atoms with van der Waals surface area (Å²) in [7, 11) is 0. The van der Waals surface area contributed by atoms with Crippen LogP contribution in [0.5, 0.6) is 0 Å². The second-order valence-electron chi connectivity index (χ2n) is 7.69. The zero-order chi connectivity index (χ0) is 19.8. The van der Waals surface area contributed by atoms with Crippen molar-refractivity contribution < 1.29 is 9.59 Å². The molecule has 2 aliphatic rings. The highest BCUT2D eigenvalue weighted by atomic mass is 32.1. The maximum atomic E-state index is 13.1. The van der Waals surface area contributed by atoms with Crippen molar-refractivity contribution in [1.29, 1.82) is 0 Å². The van der Waals surface area contributed by atoms with E-state index in [1.807, 2.05) is 27.7 Å². The summed E-state index contributed by atoms with van der Waals surface area (Å²) in [5.74, 6) is 0.259. The number of likely N-dealkylation sites (tertiary alicyclic amines) is 1. The smallest absolute Gasteiger partial charge is 0.263 e. The third-order valence-corrected chi connectivity index (χ3v) is 7.08. The van der Waals surface area contributed by atoms with Crippen LogP contribution >= 0.6 is 11.3 Å². The van der Waals surface area contributed by atoms with Gasteiger partial charge in [0.1, 0.15) is 0 Å². The van der Waals surface area contributed by atoms with Crippen LogP contribution in [-0.2, 0) is 11.2 Å². The second-order valence-corrected chi connectivity index (χ2v) is 8.85. The van der Waals surface area contributed by atoms with Crippen LogP contribution in [0.15, 0.2) is 35.1 Å². The average Bonchev–Trinajstić information content (AvgIpc) is 3.16. The molecule has 2 aliphatic heterocycles. The molecule has 0 spiro atoms. The molecular weight excluding hydrogens is 374 g/mol. The van der Waals surface area contributed by atoms with Crippen molar-refractivity contribution in [3.63, 3.8) is 0 Å². The van der Waals surface area contributed by atoms with Gasteiger partial charge < -0.3 is 14.8 Å². The number of piperidine rings is 1. The summed E-state index contributed by atoms with van der Waals surface area (Å²) in [6.45, 7) is 5.22. The molecule has 0 aromatic carbocycles. The SMILES string of the molecule is CCc1ccc(C(=O)N2C[C@H]3C[C@@H](C2)[C@H](CNC(C)=O)n2c3cccc2=O)s1. The molecule has 6 nitrogen and oxygen atoms in total. The zero-order valence-electron chi connectivity index (χ0n) is 16.2. The topological polar surface area (TPSA) is 71.4 Å². The van der Waals surface area contributed by atoms with Crippen molar-refractivity contribution in [2.75, 3.05) is 19.6 Å². The molecule has 0 aliphatic carbocycles. The van der Waals surface area contributed by atoms with E-state index in [0.29, 0.717) is 19.6 Å². The number of pyridine rings is 1. The number of carbonyl (C=O) groups is 2. The van der Waals surface area contributed by atoms with Crippen LogP contribution in [0, 0.1) is 5.92 Å². The molecule has 4 rings (SSSR count). The van der Waals surface area contributed by atoms with Crippen molar-refractivity contribution in [3.05, 3.63) is 56.1 Å². The summed E-state index contributed by atoms with van der Waals surface area (Å²) in [6.07, 6.45) is 1.86. The zero-order valence-corrected chi connectivity index (χ0v) is 17.0. The summed E-state index contributed by atoms with van der Waals surface area (Å²) in [5.41, 5.74) is 0.935. The quantitative estimate of drug-likeness (QED) is 0.858. The summed E-state index contributed by atoms with van der Waals surface area (Å²) in [6, 6.07) is 9.16. The Hall–Kier alpha value is -2.41. The molecule has 7 heteroatoms. The Morgan fingerprint density at radius 1 is 1.21 bits per heavy atom. The Morgan fingerprint density at radius 2 is 2.04 bits per heavy atom. The second kappa shape index (κ2) is 7.54. The highest BCUT2D eigenvalue weighted by Gasteiger charge is 2.42. The summed E-state index contributed by atoms with van der Waals surface area (Å²) in [5, 5.41) is 2.87. The van der Waals surface area contributed by atoms with Gasteiger partial charge in [0.25, 0.3) is 11.5 Å². The van der Waals surface area contributed by atoms with Crippen LogP contribution in [0.25, 0.3) is 0 Å². The molecule has 1 N–H and O–H groups in total. The summed E-state index contributed by atoms with van der Waals surface area (Å²) in [4.78, 5) is 41.1. The van der Waals surface area contributed by atoms with Gasteiger partial charge in [0.2, 0.25) is 5.91 Å². The predicted octanol–water partition coefficient (Wildman–Crippen LogP) is 2.41. The number of aromatic nitrogens is 1. The number of carbonyl (C=O) groups excluding carboxylic acids is 2. The lowest BCUT2D eigenvalue weighted by Gasteiger charge is -2.46. The lowest BCUT2D eigenvalue weighted by atomic mass is 9.78. The van der Waals surface area contributed by atoms with E-state index in [0.717, 1.165) is 23.4 Å². The third-order valence-electron chi connectivity index (χ3n) is 5.87. The Kier molecular flexibility index (Phi) is 5.10. The number of fused-ring (bicyclic) bond motifs is 4. The molecular formula is C21H25N3O3S. The molecule has 0 radical (unpaired) electrons. The van der Waals surface area contributed by atoms with Gasteiger partial charge in [-0.25, -0.2) is 0 Å². The molecule has 1 saturated heterocycles. The van der Waals surface area contributed by atoms with Crippen molar-refractivity contribution in [3.8, 4) is 0 Å². The maximum absolute atomic E-state index is 13.1. The average molecular weight is 400 g/mol. The number of amides is 2. The van der Waals surface area contributed by atoms with Crippen LogP contribution in [0.1, 0.15) is 52.5 Å². The van der Waals surface area contributed by atoms with Crippen LogP contribution in [0.3, 0.4) is 0 Å². The highest BCUT2D eigenvalue weighted by Crippen LogP contribution is 2.41. The number of nitrogens with one attached hydrogen (secondary N) is 1. The van der Waals surface area contributed by atoms with Gasteiger partial charge in [-0.2, -0.15) is 0 Å². The van der Waals surface area contributed by atoms with Crippen molar-refractivity contribution in [2.45, 2.75) is 38.6 Å². The highest BCUT2D eigenvalue weighted by molar-refractivity contribution is 7.14. The molecule has 4 heterocycles. The van der Waals surface area contributed by atoms with Gasteiger partial charge in [0.05, 0.1) is 10.9 Å². The minimum Gasteiger partial charge on any atom is -0.354 e. The van der Waals surface area contributed by atoms with Gasteiger partial charge >= 0.3 is 0 Å². The standard InChI is InChI=1S/C21H25N3O3S/c1-3-16-7-8-19(28-16)21(27)23-11-14-9-15(12-23)18(10-22-13(2)25)24-17(14)5-4-6-20(24)26/h4-8,14-15,18H,3,9-12H2,1-2H3,(H,22,25)/t14-,15+,18+/m1/s1. The van der Waals surface area contributed by atoms with E-state index in [1.165, 1.54) is 11.8 Å².